The molecule has 36 heavy (non-hydrogen) atoms. The van der Waals surface area contributed by atoms with Crippen LogP contribution in [0.2, 0.25) is 0 Å². The fraction of sp³-hybridized carbons (Fsp3) is 0.481. The average Bonchev–Trinajstić information content (AvgIpc) is 2.82. The first kappa shape index (κ1) is 29.6. The van der Waals surface area contributed by atoms with Crippen LogP contribution >= 0.6 is 8.22 Å². The summed E-state index contributed by atoms with van der Waals surface area (Å²) in [5.41, 5.74) is 5.51. The smallest absolute Gasteiger partial charge is 0.320 e. The maximum Gasteiger partial charge on any atom is 0.320 e. The molecule has 0 unspecified atom stereocenters. The van der Waals surface area contributed by atoms with E-state index in [2.05, 4.69) is 43.9 Å². The third kappa shape index (κ3) is 9.41. The Morgan fingerprint density at radius 2 is 1.50 bits per heavy atom. The number of nitrogens with one attached hydrogen (secondary N) is 2. The van der Waals surface area contributed by atoms with Crippen molar-refractivity contribution in [3.63, 3.8) is 0 Å². The zero-order valence-electron chi connectivity index (χ0n) is 22.1. The summed E-state index contributed by atoms with van der Waals surface area (Å²) in [6.07, 6.45) is 1.01. The zero-order chi connectivity index (χ0) is 26.7. The molecule has 8 nitrogen and oxygen atoms in total. The van der Waals surface area contributed by atoms with E-state index in [9.17, 15) is 14.7 Å². The van der Waals surface area contributed by atoms with Crippen LogP contribution in [0.3, 0.4) is 0 Å². The van der Waals surface area contributed by atoms with E-state index in [1.54, 1.807) is 19.9 Å². The molecule has 0 atom stereocenters. The van der Waals surface area contributed by atoms with E-state index in [1.165, 1.54) is 5.56 Å². The molecule has 0 aromatic heterocycles. The number of phenolic OH excluding ortho intramolecular Hbond substituents is 1. The van der Waals surface area contributed by atoms with Gasteiger partial charge >= 0.3 is 11.9 Å². The van der Waals surface area contributed by atoms with Crippen molar-refractivity contribution in [2.45, 2.75) is 53.9 Å². The zero-order valence-corrected chi connectivity index (χ0v) is 23.0. The maximum atomic E-state index is 11.8. The standard InChI is InChI=1S/C27H39N2O6P/c1-7-33-26(31)15-28-36(29-16-27(32)34-8-2)17-35-22-11-19(5)24(20(6)12-22)14-21-9-10-25(30)23(13-21)18(3)4/h9-13,18,28-30H,7-8,14-17H2,1-6H3. The number of phenols is 1. The number of benzene rings is 2. The third-order valence-corrected chi connectivity index (χ3v) is 7.03. The molecule has 0 bridgehead atoms. The van der Waals surface area contributed by atoms with E-state index in [0.717, 1.165) is 28.7 Å². The minimum absolute atomic E-state index is 0.0146. The molecule has 2 aromatic rings. The van der Waals surface area contributed by atoms with E-state index in [4.69, 9.17) is 14.2 Å². The van der Waals surface area contributed by atoms with Gasteiger partial charge in [-0.3, -0.25) is 19.8 Å². The van der Waals surface area contributed by atoms with Crippen molar-refractivity contribution in [1.29, 1.82) is 0 Å². The minimum Gasteiger partial charge on any atom is -0.508 e. The van der Waals surface area contributed by atoms with Crippen LogP contribution < -0.4 is 14.9 Å². The van der Waals surface area contributed by atoms with Gasteiger partial charge in [-0.15, -0.1) is 0 Å². The summed E-state index contributed by atoms with van der Waals surface area (Å²) in [7, 11) is -1.20. The molecule has 9 heteroatoms. The first-order valence-electron chi connectivity index (χ1n) is 12.2. The number of aromatic hydroxyl groups is 1. The van der Waals surface area contributed by atoms with Gasteiger partial charge in [-0.2, -0.15) is 0 Å². The minimum atomic E-state index is -1.20. The lowest BCUT2D eigenvalue weighted by molar-refractivity contribution is -0.142. The second kappa shape index (κ2) is 14.8. The number of rotatable bonds is 14. The number of ether oxygens (including phenoxy) is 3. The van der Waals surface area contributed by atoms with Gasteiger partial charge in [0.25, 0.3) is 0 Å². The monoisotopic (exact) mass is 518 g/mol. The molecule has 0 aliphatic heterocycles. The van der Waals surface area contributed by atoms with Crippen molar-refractivity contribution in [1.82, 2.24) is 10.2 Å². The van der Waals surface area contributed by atoms with Gasteiger partial charge in [-0.1, -0.05) is 26.0 Å². The van der Waals surface area contributed by atoms with E-state index in [0.29, 0.717) is 24.7 Å². The molecule has 198 valence electrons. The lowest BCUT2D eigenvalue weighted by atomic mass is 9.93. The van der Waals surface area contributed by atoms with Crippen molar-refractivity contribution in [2.24, 2.45) is 0 Å². The lowest BCUT2D eigenvalue weighted by Gasteiger charge is -2.21. The Kier molecular flexibility index (Phi) is 12.1. The van der Waals surface area contributed by atoms with Crippen LogP contribution in [0, 0.1) is 13.8 Å². The van der Waals surface area contributed by atoms with E-state index < -0.39 is 8.22 Å². The summed E-state index contributed by atoms with van der Waals surface area (Å²) in [5, 5.41) is 16.3. The van der Waals surface area contributed by atoms with Crippen LogP contribution in [0.25, 0.3) is 0 Å². The predicted molar refractivity (Wildman–Crippen MR) is 143 cm³/mol. The summed E-state index contributed by atoms with van der Waals surface area (Å²) >= 11 is 0. The molecular formula is C27H39N2O6P. The summed E-state index contributed by atoms with van der Waals surface area (Å²) in [6, 6.07) is 9.79. The highest BCUT2D eigenvalue weighted by atomic mass is 31.1. The van der Waals surface area contributed by atoms with Crippen LogP contribution in [-0.2, 0) is 25.5 Å². The number of aryl methyl sites for hydroxylation is 2. The Morgan fingerprint density at radius 3 is 2.00 bits per heavy atom. The maximum absolute atomic E-state index is 11.8. The number of carbonyl (C=O) groups excluding carboxylic acids is 2. The normalized spacial score (nSPS) is 11.1. The van der Waals surface area contributed by atoms with Crippen LogP contribution in [0.4, 0.5) is 0 Å². The van der Waals surface area contributed by atoms with E-state index in [-0.39, 0.29) is 37.3 Å². The van der Waals surface area contributed by atoms with Gasteiger partial charge < -0.3 is 19.3 Å². The van der Waals surface area contributed by atoms with E-state index in [1.807, 2.05) is 18.2 Å². The third-order valence-electron chi connectivity index (χ3n) is 5.56. The molecule has 2 rings (SSSR count). The Morgan fingerprint density at radius 1 is 0.944 bits per heavy atom. The lowest BCUT2D eigenvalue weighted by Crippen LogP contribution is -2.31. The van der Waals surface area contributed by atoms with Crippen molar-refractivity contribution < 1.29 is 28.9 Å². The topological polar surface area (TPSA) is 106 Å². The average molecular weight is 519 g/mol. The Hall–Kier alpha value is -2.67. The molecule has 0 saturated carbocycles. The van der Waals surface area contributed by atoms with Crippen LogP contribution in [0.15, 0.2) is 30.3 Å². The fourth-order valence-corrected chi connectivity index (χ4v) is 4.94. The quantitative estimate of drug-likeness (QED) is 0.245. The molecular weight excluding hydrogens is 479 g/mol. The van der Waals surface area contributed by atoms with Gasteiger partial charge in [0.1, 0.15) is 17.8 Å². The summed E-state index contributed by atoms with van der Waals surface area (Å²) in [5.74, 6) is 0.552. The number of carbonyl (C=O) groups is 2. The fourth-order valence-electron chi connectivity index (χ4n) is 3.73. The van der Waals surface area contributed by atoms with Gasteiger partial charge in [0, 0.05) is 0 Å². The van der Waals surface area contributed by atoms with E-state index >= 15 is 0 Å². The van der Waals surface area contributed by atoms with Gasteiger partial charge in [0.2, 0.25) is 0 Å². The van der Waals surface area contributed by atoms with Crippen molar-refractivity contribution in [3.8, 4) is 11.5 Å². The molecule has 0 aliphatic carbocycles. The highest BCUT2D eigenvalue weighted by Gasteiger charge is 2.15. The number of hydrogen-bond acceptors (Lipinski definition) is 8. The first-order chi connectivity index (χ1) is 17.1. The van der Waals surface area contributed by atoms with Crippen LogP contribution in [-0.4, -0.2) is 49.7 Å². The second-order valence-corrected chi connectivity index (χ2v) is 10.5. The summed E-state index contributed by atoms with van der Waals surface area (Å²) in [6.45, 7) is 12.4. The van der Waals surface area contributed by atoms with Crippen LogP contribution in [0.5, 0.6) is 11.5 Å². The first-order valence-corrected chi connectivity index (χ1v) is 13.8. The molecule has 2 aromatic carbocycles. The molecule has 0 radical (unpaired) electrons. The Labute approximate surface area is 215 Å². The van der Waals surface area contributed by atoms with Crippen molar-refractivity contribution in [2.75, 3.05) is 32.7 Å². The van der Waals surface area contributed by atoms with Gasteiger partial charge in [-0.05, 0) is 86.1 Å². The summed E-state index contributed by atoms with van der Waals surface area (Å²) in [4.78, 5) is 23.5. The van der Waals surface area contributed by atoms with Crippen molar-refractivity contribution in [3.05, 3.63) is 58.1 Å². The number of hydrogen-bond donors (Lipinski definition) is 3. The Bertz CT molecular complexity index is 982. The highest BCUT2D eigenvalue weighted by Crippen LogP contribution is 2.31. The van der Waals surface area contributed by atoms with Gasteiger partial charge in [-0.25, -0.2) is 0 Å². The second-order valence-electron chi connectivity index (χ2n) is 8.74. The number of esters is 2. The molecule has 0 heterocycles. The SMILES string of the molecule is CCOC(=O)CNP(COc1cc(C)c(Cc2ccc(O)c(C(C)C)c2)c(C)c1)NCC(=O)OCC. The molecule has 0 saturated heterocycles. The largest absolute Gasteiger partial charge is 0.508 e. The summed E-state index contributed by atoms with van der Waals surface area (Å²) < 4.78 is 16.0. The van der Waals surface area contributed by atoms with Crippen LogP contribution in [0.1, 0.15) is 61.4 Å². The molecule has 0 fully saturated rings. The molecule has 0 amide bonds. The van der Waals surface area contributed by atoms with Gasteiger partial charge in [0.05, 0.1) is 34.5 Å². The molecule has 3 N–H and O–H groups in total. The van der Waals surface area contributed by atoms with Gasteiger partial charge in [0.15, 0.2) is 0 Å². The molecule has 0 aliphatic rings. The predicted octanol–water partition coefficient (Wildman–Crippen LogP) is 4.68. The van der Waals surface area contributed by atoms with Crippen molar-refractivity contribution >= 4 is 20.2 Å². The Balaban J connectivity index is 2.08. The molecule has 0 spiro atoms. The highest BCUT2D eigenvalue weighted by molar-refractivity contribution is 7.53.